The Morgan fingerprint density at radius 3 is 2.42 bits per heavy atom. The lowest BCUT2D eigenvalue weighted by Gasteiger charge is -2.21. The standard InChI is InChI=1S/C15H16O4/c1-10-3-2-4-13(9-10)19-15(18)12-7-5-11(6-8-12)14(16)17/h2,4-8,10,13H,3,9H2,1H3,(H,16,17). The van der Waals surface area contributed by atoms with Gasteiger partial charge in [-0.05, 0) is 49.1 Å². The molecule has 0 saturated carbocycles. The van der Waals surface area contributed by atoms with Crippen molar-refractivity contribution in [2.24, 2.45) is 5.92 Å². The molecular formula is C15H16O4. The largest absolute Gasteiger partial charge is 0.478 e. The zero-order chi connectivity index (χ0) is 13.8. The van der Waals surface area contributed by atoms with E-state index in [0.29, 0.717) is 11.5 Å². The van der Waals surface area contributed by atoms with Crippen LogP contribution in [0.25, 0.3) is 0 Å². The lowest BCUT2D eigenvalue weighted by molar-refractivity contribution is 0.0343. The molecule has 0 spiro atoms. The zero-order valence-electron chi connectivity index (χ0n) is 10.7. The first-order chi connectivity index (χ1) is 9.06. The van der Waals surface area contributed by atoms with Crippen LogP contribution in [0.4, 0.5) is 0 Å². The number of aromatic carboxylic acids is 1. The Morgan fingerprint density at radius 1 is 1.21 bits per heavy atom. The van der Waals surface area contributed by atoms with Gasteiger partial charge in [0.25, 0.3) is 0 Å². The fraction of sp³-hybridized carbons (Fsp3) is 0.333. The Morgan fingerprint density at radius 2 is 1.84 bits per heavy atom. The maximum atomic E-state index is 11.9. The summed E-state index contributed by atoms with van der Waals surface area (Å²) < 4.78 is 5.37. The molecule has 1 aliphatic carbocycles. The number of carbonyl (C=O) groups excluding carboxylic acids is 1. The minimum absolute atomic E-state index is 0.155. The molecule has 1 aromatic rings. The minimum Gasteiger partial charge on any atom is -0.478 e. The van der Waals surface area contributed by atoms with Gasteiger partial charge in [0.15, 0.2) is 0 Å². The average molecular weight is 260 g/mol. The van der Waals surface area contributed by atoms with Crippen molar-refractivity contribution >= 4 is 11.9 Å². The van der Waals surface area contributed by atoms with Crippen LogP contribution in [0, 0.1) is 5.92 Å². The molecule has 0 amide bonds. The van der Waals surface area contributed by atoms with Gasteiger partial charge in [-0.3, -0.25) is 0 Å². The van der Waals surface area contributed by atoms with Gasteiger partial charge in [-0.15, -0.1) is 0 Å². The number of hydrogen-bond donors (Lipinski definition) is 1. The summed E-state index contributed by atoms with van der Waals surface area (Å²) in [5, 5.41) is 8.78. The predicted octanol–water partition coefficient (Wildman–Crippen LogP) is 2.90. The van der Waals surface area contributed by atoms with Crippen LogP contribution in [0.2, 0.25) is 0 Å². The summed E-state index contributed by atoms with van der Waals surface area (Å²) in [5.41, 5.74) is 0.527. The van der Waals surface area contributed by atoms with Crippen molar-refractivity contribution in [2.45, 2.75) is 25.9 Å². The fourth-order valence-electron chi connectivity index (χ4n) is 2.08. The number of benzene rings is 1. The molecule has 1 aliphatic rings. The molecule has 2 atom stereocenters. The molecule has 2 unspecified atom stereocenters. The molecule has 0 saturated heterocycles. The number of ether oxygens (including phenoxy) is 1. The van der Waals surface area contributed by atoms with Gasteiger partial charge in [0.2, 0.25) is 0 Å². The molecule has 0 heterocycles. The van der Waals surface area contributed by atoms with E-state index in [1.165, 1.54) is 24.3 Å². The fourth-order valence-corrected chi connectivity index (χ4v) is 2.08. The third-order valence-corrected chi connectivity index (χ3v) is 3.15. The van der Waals surface area contributed by atoms with Crippen molar-refractivity contribution in [3.8, 4) is 0 Å². The lowest BCUT2D eigenvalue weighted by Crippen LogP contribution is -2.21. The van der Waals surface area contributed by atoms with Crippen LogP contribution in [0.3, 0.4) is 0 Å². The second-order valence-corrected chi connectivity index (χ2v) is 4.83. The van der Waals surface area contributed by atoms with E-state index in [0.717, 1.165) is 12.8 Å². The van der Waals surface area contributed by atoms with Crippen molar-refractivity contribution < 1.29 is 19.4 Å². The van der Waals surface area contributed by atoms with Crippen molar-refractivity contribution in [3.63, 3.8) is 0 Å². The maximum Gasteiger partial charge on any atom is 0.338 e. The van der Waals surface area contributed by atoms with Gasteiger partial charge in [0, 0.05) is 0 Å². The Kier molecular flexibility index (Phi) is 4.00. The van der Waals surface area contributed by atoms with Gasteiger partial charge in [-0.1, -0.05) is 13.0 Å². The molecule has 1 aromatic carbocycles. The normalized spacial score (nSPS) is 21.9. The summed E-state index contributed by atoms with van der Waals surface area (Å²) in [6, 6.07) is 5.75. The molecule has 1 N–H and O–H groups in total. The summed E-state index contributed by atoms with van der Waals surface area (Å²) in [6.45, 7) is 2.12. The van der Waals surface area contributed by atoms with E-state index >= 15 is 0 Å². The number of carboxylic acids is 1. The molecule has 0 aliphatic heterocycles. The summed E-state index contributed by atoms with van der Waals surface area (Å²) in [5.74, 6) is -0.915. The molecule has 0 radical (unpaired) electrons. The summed E-state index contributed by atoms with van der Waals surface area (Å²) in [7, 11) is 0. The molecule has 19 heavy (non-hydrogen) atoms. The number of esters is 1. The second-order valence-electron chi connectivity index (χ2n) is 4.83. The monoisotopic (exact) mass is 260 g/mol. The third-order valence-electron chi connectivity index (χ3n) is 3.15. The smallest absolute Gasteiger partial charge is 0.338 e. The van der Waals surface area contributed by atoms with E-state index in [1.807, 2.05) is 12.2 Å². The number of hydrogen-bond acceptors (Lipinski definition) is 3. The summed E-state index contributed by atoms with van der Waals surface area (Å²) in [4.78, 5) is 22.6. The van der Waals surface area contributed by atoms with Gasteiger partial charge in [-0.25, -0.2) is 9.59 Å². The SMILES string of the molecule is CC1CC=CC(OC(=O)c2ccc(C(=O)O)cc2)C1. The highest BCUT2D eigenvalue weighted by Gasteiger charge is 2.19. The van der Waals surface area contributed by atoms with Crippen LogP contribution in [-0.4, -0.2) is 23.1 Å². The Bertz CT molecular complexity index is 501. The van der Waals surface area contributed by atoms with Crippen LogP contribution in [0.15, 0.2) is 36.4 Å². The highest BCUT2D eigenvalue weighted by Crippen LogP contribution is 2.21. The van der Waals surface area contributed by atoms with Gasteiger partial charge < -0.3 is 9.84 Å². The quantitative estimate of drug-likeness (QED) is 0.670. The molecule has 4 nitrogen and oxygen atoms in total. The zero-order valence-corrected chi connectivity index (χ0v) is 10.7. The molecule has 4 heteroatoms. The van der Waals surface area contributed by atoms with Crippen molar-refractivity contribution in [2.75, 3.05) is 0 Å². The van der Waals surface area contributed by atoms with Gasteiger partial charge in [0.1, 0.15) is 6.10 Å². The van der Waals surface area contributed by atoms with Crippen LogP contribution >= 0.6 is 0 Å². The molecule has 100 valence electrons. The second kappa shape index (κ2) is 5.69. The highest BCUT2D eigenvalue weighted by molar-refractivity contribution is 5.92. The lowest BCUT2D eigenvalue weighted by atomic mass is 9.94. The van der Waals surface area contributed by atoms with Crippen LogP contribution in [0.1, 0.15) is 40.5 Å². The van der Waals surface area contributed by atoms with Gasteiger partial charge in [-0.2, -0.15) is 0 Å². The summed E-state index contributed by atoms with van der Waals surface area (Å²) in [6.07, 6.45) is 5.59. The molecule has 0 aromatic heterocycles. The van der Waals surface area contributed by atoms with E-state index in [1.54, 1.807) is 0 Å². The van der Waals surface area contributed by atoms with Crippen LogP contribution < -0.4 is 0 Å². The maximum absolute atomic E-state index is 11.9. The van der Waals surface area contributed by atoms with Gasteiger partial charge >= 0.3 is 11.9 Å². The molecular weight excluding hydrogens is 244 g/mol. The molecule has 0 fully saturated rings. The number of rotatable bonds is 3. The first kappa shape index (κ1) is 13.3. The van der Waals surface area contributed by atoms with E-state index in [4.69, 9.17) is 9.84 Å². The highest BCUT2D eigenvalue weighted by atomic mass is 16.5. The average Bonchev–Trinajstić information content (AvgIpc) is 2.39. The minimum atomic E-state index is -1.01. The van der Waals surface area contributed by atoms with E-state index in [9.17, 15) is 9.59 Å². The Balaban J connectivity index is 2.01. The van der Waals surface area contributed by atoms with Crippen LogP contribution in [-0.2, 0) is 4.74 Å². The Hall–Kier alpha value is -2.10. The number of carbonyl (C=O) groups is 2. The van der Waals surface area contributed by atoms with E-state index < -0.39 is 11.9 Å². The van der Waals surface area contributed by atoms with Crippen molar-refractivity contribution in [3.05, 3.63) is 47.5 Å². The van der Waals surface area contributed by atoms with Crippen molar-refractivity contribution in [1.82, 2.24) is 0 Å². The first-order valence-corrected chi connectivity index (χ1v) is 6.27. The van der Waals surface area contributed by atoms with Crippen LogP contribution in [0.5, 0.6) is 0 Å². The van der Waals surface area contributed by atoms with Crippen molar-refractivity contribution in [1.29, 1.82) is 0 Å². The third kappa shape index (κ3) is 3.44. The first-order valence-electron chi connectivity index (χ1n) is 6.27. The number of allylic oxidation sites excluding steroid dienone is 1. The number of carboxylic acid groups (broad SMARTS) is 1. The van der Waals surface area contributed by atoms with Gasteiger partial charge in [0.05, 0.1) is 11.1 Å². The molecule has 0 bridgehead atoms. The predicted molar refractivity (Wildman–Crippen MR) is 70.1 cm³/mol. The van der Waals surface area contributed by atoms with E-state index in [-0.39, 0.29) is 11.7 Å². The Labute approximate surface area is 111 Å². The van der Waals surface area contributed by atoms with E-state index in [2.05, 4.69) is 6.92 Å². The molecule has 2 rings (SSSR count). The summed E-state index contributed by atoms with van der Waals surface area (Å²) >= 11 is 0. The topological polar surface area (TPSA) is 63.6 Å².